The summed E-state index contributed by atoms with van der Waals surface area (Å²) in [6.07, 6.45) is 2.94. The smallest absolute Gasteiger partial charge is 0.274 e. The van der Waals surface area contributed by atoms with Gasteiger partial charge < -0.3 is 19.6 Å². The number of hydrogen-bond acceptors (Lipinski definition) is 6. The molecule has 0 bridgehead atoms. The van der Waals surface area contributed by atoms with Crippen LogP contribution in [0.4, 0.5) is 4.39 Å². The summed E-state index contributed by atoms with van der Waals surface area (Å²) in [5, 5.41) is 14.7. The molecule has 5 rings (SSSR count). The molecule has 0 radical (unpaired) electrons. The van der Waals surface area contributed by atoms with Crippen LogP contribution >= 0.6 is 11.6 Å². The Kier molecular flexibility index (Phi) is 7.16. The Morgan fingerprint density at radius 2 is 2.11 bits per heavy atom. The van der Waals surface area contributed by atoms with Crippen molar-refractivity contribution in [2.24, 2.45) is 0 Å². The molecule has 4 atom stereocenters. The molecule has 9 nitrogen and oxygen atoms in total. The molecule has 2 aromatic rings. The predicted octanol–water partition coefficient (Wildman–Crippen LogP) is 2.42. The molecule has 2 saturated heterocycles. The normalized spacial score (nSPS) is 26.1. The number of aliphatic hydroxyl groups is 1. The predicted molar refractivity (Wildman–Crippen MR) is 130 cm³/mol. The molecule has 0 aromatic carbocycles. The molecule has 36 heavy (non-hydrogen) atoms. The van der Waals surface area contributed by atoms with E-state index in [1.54, 1.807) is 23.0 Å². The lowest BCUT2D eigenvalue weighted by Gasteiger charge is -2.37. The van der Waals surface area contributed by atoms with Crippen LogP contribution in [0.2, 0.25) is 5.02 Å². The fraction of sp³-hybridized carbons (Fsp3) is 0.600. The van der Waals surface area contributed by atoms with Crippen molar-refractivity contribution >= 4 is 23.4 Å². The van der Waals surface area contributed by atoms with Crippen molar-refractivity contribution in [3.63, 3.8) is 0 Å². The van der Waals surface area contributed by atoms with Crippen LogP contribution < -0.4 is 4.74 Å². The third-order valence-electron chi connectivity index (χ3n) is 7.44. The van der Waals surface area contributed by atoms with Crippen molar-refractivity contribution in [3.8, 4) is 5.88 Å². The molecule has 2 aromatic heterocycles. The number of pyridine rings is 1. The number of hydrogen-bond donors (Lipinski definition) is 1. The Morgan fingerprint density at radius 1 is 1.28 bits per heavy atom. The number of carbonyl (C=O) groups is 2. The Morgan fingerprint density at radius 3 is 2.86 bits per heavy atom. The lowest BCUT2D eigenvalue weighted by molar-refractivity contribution is -0.136. The van der Waals surface area contributed by atoms with Crippen LogP contribution in [0.3, 0.4) is 0 Å². The number of nitrogens with zero attached hydrogens (tertiary/aromatic N) is 5. The molecule has 1 N–H and O–H groups in total. The van der Waals surface area contributed by atoms with E-state index in [0.29, 0.717) is 42.5 Å². The second-order valence-corrected chi connectivity index (χ2v) is 10.3. The van der Waals surface area contributed by atoms with Crippen molar-refractivity contribution in [2.75, 3.05) is 19.6 Å². The van der Waals surface area contributed by atoms with Gasteiger partial charge in [0.15, 0.2) is 5.69 Å². The molecule has 2 aliphatic heterocycles. The third-order valence-corrected chi connectivity index (χ3v) is 7.73. The van der Waals surface area contributed by atoms with Gasteiger partial charge in [-0.3, -0.25) is 14.3 Å². The standard InChI is InChI=1S/C25H31ClFN5O4/c1-15-12-16(36-24-18(26)5-3-9-28-24)7-11-31(15)22(34)14-32-20-6-2-4-17(20)23(29-32)25(35)30-10-8-21(33)19(27)13-30/h3,5,9,15-16,19,21,33H,2,4,6-8,10-14H2,1H3/t15-,16+,19-,21+/m0/s1. The van der Waals surface area contributed by atoms with E-state index in [4.69, 9.17) is 16.3 Å². The number of piperidine rings is 2. The summed E-state index contributed by atoms with van der Waals surface area (Å²) in [4.78, 5) is 33.9. The van der Waals surface area contributed by atoms with Crippen molar-refractivity contribution < 1.29 is 23.8 Å². The van der Waals surface area contributed by atoms with E-state index in [2.05, 4.69) is 10.1 Å². The first-order chi connectivity index (χ1) is 17.3. The van der Waals surface area contributed by atoms with Crippen LogP contribution in [-0.2, 0) is 24.2 Å². The molecule has 11 heteroatoms. The van der Waals surface area contributed by atoms with Gasteiger partial charge in [0.05, 0.1) is 12.6 Å². The van der Waals surface area contributed by atoms with Gasteiger partial charge in [-0.1, -0.05) is 11.6 Å². The summed E-state index contributed by atoms with van der Waals surface area (Å²) >= 11 is 6.16. The maximum atomic E-state index is 14.0. The summed E-state index contributed by atoms with van der Waals surface area (Å²) in [7, 11) is 0. The maximum Gasteiger partial charge on any atom is 0.274 e. The van der Waals surface area contributed by atoms with E-state index < -0.39 is 12.3 Å². The van der Waals surface area contributed by atoms with Gasteiger partial charge in [0, 0.05) is 49.4 Å². The lowest BCUT2D eigenvalue weighted by Crippen LogP contribution is -2.48. The second kappa shape index (κ2) is 10.3. The first kappa shape index (κ1) is 25.0. The zero-order valence-electron chi connectivity index (χ0n) is 20.3. The van der Waals surface area contributed by atoms with E-state index in [1.807, 2.05) is 11.8 Å². The molecular formula is C25H31ClFN5O4. The fourth-order valence-corrected chi connectivity index (χ4v) is 5.65. The largest absolute Gasteiger partial charge is 0.473 e. The number of amides is 2. The molecule has 0 spiro atoms. The Labute approximate surface area is 214 Å². The molecule has 4 heterocycles. The molecule has 194 valence electrons. The van der Waals surface area contributed by atoms with Gasteiger partial charge in [0.1, 0.15) is 23.8 Å². The lowest BCUT2D eigenvalue weighted by atomic mass is 10.0. The summed E-state index contributed by atoms with van der Waals surface area (Å²) in [5.41, 5.74) is 2.09. The van der Waals surface area contributed by atoms with Gasteiger partial charge in [-0.2, -0.15) is 5.10 Å². The monoisotopic (exact) mass is 519 g/mol. The van der Waals surface area contributed by atoms with Crippen molar-refractivity contribution in [1.82, 2.24) is 24.6 Å². The Balaban J connectivity index is 1.24. The highest BCUT2D eigenvalue weighted by Gasteiger charge is 2.36. The van der Waals surface area contributed by atoms with Crippen LogP contribution in [0.25, 0.3) is 0 Å². The Hall–Kier alpha value is -2.72. The highest BCUT2D eigenvalue weighted by molar-refractivity contribution is 6.31. The number of likely N-dealkylation sites (tertiary alicyclic amines) is 2. The van der Waals surface area contributed by atoms with Crippen LogP contribution in [-0.4, -0.2) is 85.5 Å². The number of aliphatic hydroxyl groups excluding tert-OH is 1. The van der Waals surface area contributed by atoms with Crippen LogP contribution in [0.15, 0.2) is 18.3 Å². The van der Waals surface area contributed by atoms with Crippen molar-refractivity contribution in [1.29, 1.82) is 0 Å². The van der Waals surface area contributed by atoms with Gasteiger partial charge >= 0.3 is 0 Å². The van der Waals surface area contributed by atoms with Crippen molar-refractivity contribution in [3.05, 3.63) is 40.3 Å². The minimum atomic E-state index is -1.46. The highest BCUT2D eigenvalue weighted by atomic mass is 35.5. The minimum Gasteiger partial charge on any atom is -0.473 e. The van der Waals surface area contributed by atoms with E-state index in [1.165, 1.54) is 4.90 Å². The number of aromatic nitrogens is 3. The third kappa shape index (κ3) is 4.93. The summed E-state index contributed by atoms with van der Waals surface area (Å²) in [6.45, 7) is 2.74. The minimum absolute atomic E-state index is 0.0373. The molecule has 0 saturated carbocycles. The Bertz CT molecular complexity index is 1140. The first-order valence-corrected chi connectivity index (χ1v) is 13.0. The SMILES string of the molecule is C[C@H]1C[C@H](Oc2ncccc2Cl)CCN1C(=O)Cn1nc(C(=O)N2CC[C@@H](O)[C@@H](F)C2)c2c1CCC2. The van der Waals surface area contributed by atoms with Gasteiger partial charge in [-0.15, -0.1) is 0 Å². The zero-order chi connectivity index (χ0) is 25.4. The van der Waals surface area contributed by atoms with E-state index in [9.17, 15) is 19.1 Å². The highest BCUT2D eigenvalue weighted by Crippen LogP contribution is 2.29. The van der Waals surface area contributed by atoms with E-state index in [0.717, 1.165) is 30.5 Å². The maximum absolute atomic E-state index is 14.0. The van der Waals surface area contributed by atoms with Crippen molar-refractivity contribution in [2.45, 2.75) is 76.4 Å². The number of rotatable bonds is 5. The zero-order valence-corrected chi connectivity index (χ0v) is 21.0. The summed E-state index contributed by atoms with van der Waals surface area (Å²) in [5.74, 6) is 0.0223. The molecule has 3 aliphatic rings. The van der Waals surface area contributed by atoms with Gasteiger partial charge in [-0.25, -0.2) is 9.37 Å². The average Bonchev–Trinajstić information content (AvgIpc) is 3.46. The number of alkyl halides is 1. The topological polar surface area (TPSA) is 101 Å². The number of fused-ring (bicyclic) bond motifs is 1. The number of carbonyl (C=O) groups excluding carboxylic acids is 2. The van der Waals surface area contributed by atoms with Crippen LogP contribution in [0.5, 0.6) is 5.88 Å². The molecule has 1 aliphatic carbocycles. The van der Waals surface area contributed by atoms with Gasteiger partial charge in [0.2, 0.25) is 11.8 Å². The average molecular weight is 520 g/mol. The summed E-state index contributed by atoms with van der Waals surface area (Å²) < 4.78 is 21.7. The fourth-order valence-electron chi connectivity index (χ4n) is 5.48. The van der Waals surface area contributed by atoms with E-state index in [-0.39, 0.29) is 43.5 Å². The molecule has 2 fully saturated rings. The van der Waals surface area contributed by atoms with Gasteiger partial charge in [0.25, 0.3) is 5.91 Å². The number of halogens is 2. The molecular weight excluding hydrogens is 489 g/mol. The summed E-state index contributed by atoms with van der Waals surface area (Å²) in [6, 6.07) is 3.45. The van der Waals surface area contributed by atoms with Gasteiger partial charge in [-0.05, 0) is 44.7 Å². The quantitative estimate of drug-likeness (QED) is 0.651. The van der Waals surface area contributed by atoms with E-state index >= 15 is 0 Å². The molecule has 2 amide bonds. The van der Waals surface area contributed by atoms with Crippen LogP contribution in [0, 0.1) is 0 Å². The first-order valence-electron chi connectivity index (χ1n) is 12.6. The van der Waals surface area contributed by atoms with Crippen LogP contribution in [0.1, 0.15) is 54.4 Å². The number of ether oxygens (including phenoxy) is 1. The molecule has 0 unspecified atom stereocenters. The second-order valence-electron chi connectivity index (χ2n) is 9.90.